The fourth-order valence-corrected chi connectivity index (χ4v) is 2.02. The van der Waals surface area contributed by atoms with E-state index in [0.29, 0.717) is 17.3 Å². The highest BCUT2D eigenvalue weighted by Crippen LogP contribution is 2.19. The van der Waals surface area contributed by atoms with Gasteiger partial charge in [0, 0.05) is 11.6 Å². The number of nitrogens with zero attached hydrogens (tertiary/aromatic N) is 3. The lowest BCUT2D eigenvalue weighted by Gasteiger charge is -2.03. The van der Waals surface area contributed by atoms with Gasteiger partial charge in [0.1, 0.15) is 5.75 Å². The Kier molecular flexibility index (Phi) is 2.96. The lowest BCUT2D eigenvalue weighted by Crippen LogP contribution is -2.17. The molecule has 20 heavy (non-hydrogen) atoms. The van der Waals surface area contributed by atoms with Crippen molar-refractivity contribution in [2.24, 2.45) is 5.73 Å². The van der Waals surface area contributed by atoms with Crippen LogP contribution in [0.1, 0.15) is 5.82 Å². The van der Waals surface area contributed by atoms with E-state index in [2.05, 4.69) is 15.2 Å². The third kappa shape index (κ3) is 1.94. The number of H-pyrrole nitrogens is 1. The first-order valence-electron chi connectivity index (χ1n) is 6.04. The number of ether oxygens (including phenoxy) is 1. The Morgan fingerprint density at radius 3 is 2.75 bits per heavy atom. The van der Waals surface area contributed by atoms with Crippen molar-refractivity contribution in [3.8, 4) is 17.0 Å². The van der Waals surface area contributed by atoms with Crippen LogP contribution in [0.25, 0.3) is 17.0 Å². The minimum absolute atomic E-state index is 0.170. The van der Waals surface area contributed by atoms with E-state index in [1.54, 1.807) is 7.11 Å². The van der Waals surface area contributed by atoms with E-state index in [4.69, 9.17) is 10.5 Å². The number of nitrogens with one attached hydrogen (secondary N) is 1. The molecule has 3 rings (SSSR count). The SMILES string of the molecule is COc1ccc(-c2cc(=O)n3c(CN)n[nH]c3n2)cc1. The molecule has 0 aliphatic rings. The first-order chi connectivity index (χ1) is 9.72. The van der Waals surface area contributed by atoms with Gasteiger partial charge in [-0.2, -0.15) is 5.10 Å². The molecule has 0 amide bonds. The largest absolute Gasteiger partial charge is 0.497 e. The van der Waals surface area contributed by atoms with E-state index in [1.807, 2.05) is 24.3 Å². The Balaban J connectivity index is 2.14. The molecule has 3 aromatic rings. The van der Waals surface area contributed by atoms with Crippen molar-refractivity contribution >= 4 is 5.78 Å². The van der Waals surface area contributed by atoms with E-state index < -0.39 is 0 Å². The maximum atomic E-state index is 12.1. The van der Waals surface area contributed by atoms with E-state index in [-0.39, 0.29) is 12.1 Å². The zero-order valence-corrected chi connectivity index (χ0v) is 10.8. The fraction of sp³-hybridized carbons (Fsp3) is 0.154. The van der Waals surface area contributed by atoms with Crippen LogP contribution < -0.4 is 16.0 Å². The summed E-state index contributed by atoms with van der Waals surface area (Å²) in [5, 5.41) is 6.68. The summed E-state index contributed by atoms with van der Waals surface area (Å²) in [5.74, 6) is 1.58. The topological polar surface area (TPSA) is 98.3 Å². The van der Waals surface area contributed by atoms with Gasteiger partial charge in [0.2, 0.25) is 5.78 Å². The molecule has 7 nitrogen and oxygen atoms in total. The molecule has 2 heterocycles. The average molecular weight is 271 g/mol. The normalized spacial score (nSPS) is 10.9. The number of benzene rings is 1. The molecule has 0 spiro atoms. The van der Waals surface area contributed by atoms with E-state index in [0.717, 1.165) is 11.3 Å². The van der Waals surface area contributed by atoms with Crippen LogP contribution in [0.5, 0.6) is 5.75 Å². The molecule has 0 atom stereocenters. The van der Waals surface area contributed by atoms with Crippen molar-refractivity contribution in [1.82, 2.24) is 19.6 Å². The van der Waals surface area contributed by atoms with Gasteiger partial charge in [-0.15, -0.1) is 0 Å². The third-order valence-corrected chi connectivity index (χ3v) is 3.03. The molecule has 1 aromatic carbocycles. The van der Waals surface area contributed by atoms with Gasteiger partial charge in [0.15, 0.2) is 5.82 Å². The molecule has 0 unspecified atom stereocenters. The fourth-order valence-electron chi connectivity index (χ4n) is 2.02. The predicted molar refractivity (Wildman–Crippen MR) is 73.5 cm³/mol. The van der Waals surface area contributed by atoms with Gasteiger partial charge in [-0.3, -0.25) is 4.79 Å². The maximum Gasteiger partial charge on any atom is 0.261 e. The highest BCUT2D eigenvalue weighted by atomic mass is 16.5. The standard InChI is InChI=1S/C13H13N5O2/c1-20-9-4-2-8(3-5-9)10-6-12(19)18-11(7-14)16-17-13(18)15-10/h2-6H,7,14H2,1H3,(H,15,17). The van der Waals surface area contributed by atoms with Gasteiger partial charge in [0.05, 0.1) is 19.3 Å². The van der Waals surface area contributed by atoms with Crippen LogP contribution in [0.2, 0.25) is 0 Å². The second kappa shape index (κ2) is 4.78. The molecule has 102 valence electrons. The van der Waals surface area contributed by atoms with Gasteiger partial charge in [-0.1, -0.05) is 0 Å². The number of fused-ring (bicyclic) bond motifs is 1. The zero-order valence-electron chi connectivity index (χ0n) is 10.8. The minimum Gasteiger partial charge on any atom is -0.497 e. The molecule has 0 fully saturated rings. The number of aromatic amines is 1. The monoisotopic (exact) mass is 271 g/mol. The summed E-state index contributed by atoms with van der Waals surface area (Å²) in [4.78, 5) is 16.5. The molecule has 0 saturated heterocycles. The zero-order chi connectivity index (χ0) is 14.1. The van der Waals surface area contributed by atoms with Crippen LogP contribution in [0.4, 0.5) is 0 Å². The molecule has 2 aromatic heterocycles. The molecular weight excluding hydrogens is 258 g/mol. The van der Waals surface area contributed by atoms with Crippen LogP contribution in [0.3, 0.4) is 0 Å². The quantitative estimate of drug-likeness (QED) is 0.725. The summed E-state index contributed by atoms with van der Waals surface area (Å²) in [7, 11) is 1.60. The molecule has 0 saturated carbocycles. The Morgan fingerprint density at radius 2 is 2.10 bits per heavy atom. The Hall–Kier alpha value is -2.67. The molecule has 3 N–H and O–H groups in total. The number of rotatable bonds is 3. The number of hydrogen-bond donors (Lipinski definition) is 2. The molecule has 0 radical (unpaired) electrons. The molecule has 0 aliphatic carbocycles. The van der Waals surface area contributed by atoms with Gasteiger partial charge in [-0.25, -0.2) is 14.5 Å². The summed E-state index contributed by atoms with van der Waals surface area (Å²) in [5.41, 5.74) is 6.72. The van der Waals surface area contributed by atoms with Crippen molar-refractivity contribution in [3.63, 3.8) is 0 Å². The van der Waals surface area contributed by atoms with Crippen LogP contribution in [-0.4, -0.2) is 26.7 Å². The van der Waals surface area contributed by atoms with Crippen LogP contribution in [0, 0.1) is 0 Å². The van der Waals surface area contributed by atoms with Crippen molar-refractivity contribution in [2.75, 3.05) is 7.11 Å². The lowest BCUT2D eigenvalue weighted by atomic mass is 10.1. The van der Waals surface area contributed by atoms with E-state index >= 15 is 0 Å². The number of aromatic nitrogens is 4. The van der Waals surface area contributed by atoms with Gasteiger partial charge in [-0.05, 0) is 24.3 Å². The highest BCUT2D eigenvalue weighted by molar-refractivity contribution is 5.61. The lowest BCUT2D eigenvalue weighted by molar-refractivity contribution is 0.415. The first kappa shape index (κ1) is 12.4. The van der Waals surface area contributed by atoms with Gasteiger partial charge < -0.3 is 10.5 Å². The molecular formula is C13H13N5O2. The predicted octanol–water partition coefficient (Wildman–Crippen LogP) is 0.552. The van der Waals surface area contributed by atoms with Crippen molar-refractivity contribution in [1.29, 1.82) is 0 Å². The van der Waals surface area contributed by atoms with E-state index in [1.165, 1.54) is 10.5 Å². The Bertz CT molecular complexity index is 804. The summed E-state index contributed by atoms with van der Waals surface area (Å²) in [6.07, 6.45) is 0. The average Bonchev–Trinajstić information content (AvgIpc) is 2.91. The summed E-state index contributed by atoms with van der Waals surface area (Å²) in [6, 6.07) is 8.78. The van der Waals surface area contributed by atoms with E-state index in [9.17, 15) is 4.79 Å². The smallest absolute Gasteiger partial charge is 0.261 e. The molecule has 0 bridgehead atoms. The second-order valence-electron chi connectivity index (χ2n) is 4.21. The van der Waals surface area contributed by atoms with Crippen molar-refractivity contribution in [2.45, 2.75) is 6.54 Å². The minimum atomic E-state index is -0.213. The first-order valence-corrected chi connectivity index (χ1v) is 6.04. The molecule has 0 aliphatic heterocycles. The molecule has 7 heteroatoms. The number of hydrogen-bond acceptors (Lipinski definition) is 5. The van der Waals surface area contributed by atoms with Crippen molar-refractivity contribution in [3.05, 3.63) is 46.5 Å². The summed E-state index contributed by atoms with van der Waals surface area (Å²) < 4.78 is 6.47. The van der Waals surface area contributed by atoms with Crippen LogP contribution in [0.15, 0.2) is 35.1 Å². The summed E-state index contributed by atoms with van der Waals surface area (Å²) in [6.45, 7) is 0.170. The number of methoxy groups -OCH3 is 1. The van der Waals surface area contributed by atoms with Gasteiger partial charge >= 0.3 is 0 Å². The van der Waals surface area contributed by atoms with Crippen LogP contribution in [-0.2, 0) is 6.54 Å². The third-order valence-electron chi connectivity index (χ3n) is 3.03. The highest BCUT2D eigenvalue weighted by Gasteiger charge is 2.10. The maximum absolute atomic E-state index is 12.1. The van der Waals surface area contributed by atoms with Gasteiger partial charge in [0.25, 0.3) is 5.56 Å². The second-order valence-corrected chi connectivity index (χ2v) is 4.21. The Labute approximate surface area is 114 Å². The van der Waals surface area contributed by atoms with Crippen LogP contribution >= 0.6 is 0 Å². The Morgan fingerprint density at radius 1 is 1.35 bits per heavy atom. The number of nitrogens with two attached hydrogens (primary N) is 1. The summed E-state index contributed by atoms with van der Waals surface area (Å²) >= 11 is 0. The van der Waals surface area contributed by atoms with Crippen molar-refractivity contribution < 1.29 is 4.74 Å².